The molecule has 1 saturated heterocycles. The average molecular weight is 1020 g/mol. The first-order valence-electron chi connectivity index (χ1n) is 28.2. The van der Waals surface area contributed by atoms with Gasteiger partial charge in [-0.25, -0.2) is 4.79 Å². The molecule has 0 aromatic rings. The van der Waals surface area contributed by atoms with Crippen molar-refractivity contribution >= 4 is 23.9 Å². The number of aliphatic hydroxyl groups excluding tert-OH is 2. The van der Waals surface area contributed by atoms with Crippen LogP contribution in [0.4, 0.5) is 0 Å². The van der Waals surface area contributed by atoms with Crippen LogP contribution in [0.1, 0.15) is 213 Å². The third kappa shape index (κ3) is 38.8. The Morgan fingerprint density at radius 3 is 1.41 bits per heavy atom. The molecular formula is C61H98O12. The van der Waals surface area contributed by atoms with Gasteiger partial charge in [0.05, 0.1) is 6.61 Å². The van der Waals surface area contributed by atoms with Crippen LogP contribution in [0.2, 0.25) is 0 Å². The van der Waals surface area contributed by atoms with Crippen molar-refractivity contribution in [3.05, 3.63) is 97.2 Å². The highest BCUT2D eigenvalue weighted by molar-refractivity contribution is 5.74. The van der Waals surface area contributed by atoms with Crippen LogP contribution in [0, 0.1) is 0 Å². The monoisotopic (exact) mass is 1020 g/mol. The molecular weight excluding hydrogens is 925 g/mol. The molecule has 12 heteroatoms. The Morgan fingerprint density at radius 1 is 0.466 bits per heavy atom. The molecule has 0 radical (unpaired) electrons. The Hall–Kier alpha value is -4.36. The van der Waals surface area contributed by atoms with E-state index in [0.29, 0.717) is 19.3 Å². The summed E-state index contributed by atoms with van der Waals surface area (Å²) in [7, 11) is 0. The number of rotatable bonds is 46. The fourth-order valence-corrected chi connectivity index (χ4v) is 7.78. The molecule has 1 heterocycles. The molecule has 3 N–H and O–H groups in total. The molecule has 0 spiro atoms. The van der Waals surface area contributed by atoms with Gasteiger partial charge in [0, 0.05) is 19.3 Å². The zero-order valence-corrected chi connectivity index (χ0v) is 45.3. The predicted molar refractivity (Wildman–Crippen MR) is 294 cm³/mol. The van der Waals surface area contributed by atoms with Crippen molar-refractivity contribution < 1.29 is 58.2 Å². The lowest BCUT2D eigenvalue weighted by molar-refractivity contribution is -0.301. The van der Waals surface area contributed by atoms with Crippen LogP contribution in [0.25, 0.3) is 0 Å². The van der Waals surface area contributed by atoms with Crippen molar-refractivity contribution in [3.8, 4) is 0 Å². The number of unbranched alkanes of at least 4 members (excludes halogenated alkanes) is 16. The van der Waals surface area contributed by atoms with Gasteiger partial charge in [-0.2, -0.15) is 0 Å². The zero-order valence-electron chi connectivity index (χ0n) is 45.3. The van der Waals surface area contributed by atoms with Crippen molar-refractivity contribution in [2.45, 2.75) is 250 Å². The van der Waals surface area contributed by atoms with Gasteiger partial charge < -0.3 is 39.0 Å². The highest BCUT2D eigenvalue weighted by Crippen LogP contribution is 2.26. The van der Waals surface area contributed by atoms with E-state index in [-0.39, 0.29) is 25.9 Å². The first-order valence-corrected chi connectivity index (χ1v) is 28.2. The van der Waals surface area contributed by atoms with E-state index in [2.05, 4.69) is 106 Å². The second-order valence-electron chi connectivity index (χ2n) is 18.8. The molecule has 6 atom stereocenters. The molecule has 0 amide bonds. The molecule has 1 aliphatic heterocycles. The molecule has 0 aliphatic carbocycles. The minimum Gasteiger partial charge on any atom is -0.479 e. The number of aliphatic hydroxyl groups is 2. The average Bonchev–Trinajstić information content (AvgIpc) is 3.37. The molecule has 0 aromatic carbocycles. The quantitative estimate of drug-likeness (QED) is 0.0228. The van der Waals surface area contributed by atoms with Crippen molar-refractivity contribution in [2.75, 3.05) is 13.2 Å². The molecule has 6 unspecified atom stereocenters. The zero-order chi connectivity index (χ0) is 53.3. The first-order chi connectivity index (χ1) is 35.6. The number of ether oxygens (including phenoxy) is 5. The summed E-state index contributed by atoms with van der Waals surface area (Å²) in [5.74, 6) is -3.27. The van der Waals surface area contributed by atoms with Gasteiger partial charge in [0.2, 0.25) is 0 Å². The number of esters is 3. The maximum Gasteiger partial charge on any atom is 0.335 e. The van der Waals surface area contributed by atoms with E-state index in [1.165, 1.54) is 38.5 Å². The maximum absolute atomic E-state index is 13.1. The molecule has 1 aliphatic rings. The Kier molecular flexibility index (Phi) is 44.4. The van der Waals surface area contributed by atoms with Crippen molar-refractivity contribution in [1.82, 2.24) is 0 Å². The van der Waals surface area contributed by atoms with Gasteiger partial charge in [-0.1, -0.05) is 189 Å². The summed E-state index contributed by atoms with van der Waals surface area (Å²) in [6, 6.07) is 0. The SMILES string of the molecule is CC/C=C\C/C=C\C/C=C\C/C=C\C/C=C\C/C=C\CCC(=O)OCC(COC1OC(C(=O)O)C(O)C(O)C1OC(=O)CCCCCCC/C=C\CCCC)OC(=O)CCCCCCC/C=C\CCCCCC. The summed E-state index contributed by atoms with van der Waals surface area (Å²) >= 11 is 0. The van der Waals surface area contributed by atoms with Crippen LogP contribution >= 0.6 is 0 Å². The van der Waals surface area contributed by atoms with E-state index in [1.54, 1.807) is 0 Å². The summed E-state index contributed by atoms with van der Waals surface area (Å²) < 4.78 is 28.2. The van der Waals surface area contributed by atoms with Gasteiger partial charge in [0.1, 0.15) is 18.8 Å². The first kappa shape index (κ1) is 66.7. The van der Waals surface area contributed by atoms with E-state index >= 15 is 0 Å². The second kappa shape index (κ2) is 48.6. The number of carbonyl (C=O) groups is 4. The third-order valence-corrected chi connectivity index (χ3v) is 12.1. The van der Waals surface area contributed by atoms with Crippen LogP contribution < -0.4 is 0 Å². The molecule has 1 rings (SSSR count). The second-order valence-corrected chi connectivity index (χ2v) is 18.8. The Bertz CT molecular complexity index is 1640. The minimum absolute atomic E-state index is 0.0380. The summed E-state index contributed by atoms with van der Waals surface area (Å²) in [5.41, 5.74) is 0. The highest BCUT2D eigenvalue weighted by atomic mass is 16.7. The number of carboxylic acid groups (broad SMARTS) is 1. The van der Waals surface area contributed by atoms with E-state index in [1.807, 2.05) is 12.2 Å². The molecule has 12 nitrogen and oxygen atoms in total. The topological polar surface area (TPSA) is 175 Å². The minimum atomic E-state index is -1.92. The maximum atomic E-state index is 13.1. The lowest BCUT2D eigenvalue weighted by Gasteiger charge is -2.40. The smallest absolute Gasteiger partial charge is 0.335 e. The number of hydrogen-bond acceptors (Lipinski definition) is 11. The summed E-state index contributed by atoms with van der Waals surface area (Å²) in [5, 5.41) is 31.4. The molecule has 73 heavy (non-hydrogen) atoms. The number of carbonyl (C=O) groups excluding carboxylic acids is 3. The normalized spacial score (nSPS) is 19.1. The van der Waals surface area contributed by atoms with E-state index in [9.17, 15) is 34.5 Å². The molecule has 0 bridgehead atoms. The number of hydrogen-bond donors (Lipinski definition) is 3. The van der Waals surface area contributed by atoms with Crippen molar-refractivity contribution in [3.63, 3.8) is 0 Å². The highest BCUT2D eigenvalue weighted by Gasteiger charge is 2.50. The van der Waals surface area contributed by atoms with Gasteiger partial charge in [0.15, 0.2) is 24.6 Å². The molecule has 0 saturated carbocycles. The Labute approximate surface area is 441 Å². The van der Waals surface area contributed by atoms with E-state index in [0.717, 1.165) is 116 Å². The summed E-state index contributed by atoms with van der Waals surface area (Å²) in [4.78, 5) is 50.9. The molecule has 0 aromatic heterocycles. The van der Waals surface area contributed by atoms with E-state index < -0.39 is 67.3 Å². The third-order valence-electron chi connectivity index (χ3n) is 12.1. The predicted octanol–water partition coefficient (Wildman–Crippen LogP) is 14.1. The number of carboxylic acids is 1. The largest absolute Gasteiger partial charge is 0.479 e. The Balaban J connectivity index is 2.76. The lowest BCUT2D eigenvalue weighted by Crippen LogP contribution is -2.61. The number of allylic oxidation sites excluding steroid dienone is 16. The summed E-state index contributed by atoms with van der Waals surface area (Å²) in [6.45, 7) is 5.72. The fourth-order valence-electron chi connectivity index (χ4n) is 7.78. The standard InChI is InChI=1S/C61H98O12/c1-4-7-10-13-16-19-22-24-25-26-27-28-29-31-33-35-38-41-44-47-53(62)69-50-52(71-54(63)48-45-42-39-37-34-30-23-20-17-14-11-8-5-2)51-70-61-59(57(66)56(65)58(73-61)60(67)68)72-55(64)49-46-43-40-36-32-21-18-15-12-9-6-3/h7,10,15-16,18-20,23-25,27-28,31,33,38,41,52,56-59,61,65-66H,4-6,8-9,11-14,17,21-22,26,29-30,32,34-37,39-40,42-51H2,1-3H3,(H,67,68)/b10-7-,18-15-,19-16-,23-20-,25-24-,28-27-,33-31-,41-38-. The number of aliphatic carboxylic acids is 1. The van der Waals surface area contributed by atoms with Crippen LogP contribution in [0.5, 0.6) is 0 Å². The van der Waals surface area contributed by atoms with Gasteiger partial charge in [-0.3, -0.25) is 14.4 Å². The van der Waals surface area contributed by atoms with E-state index in [4.69, 9.17) is 23.7 Å². The van der Waals surface area contributed by atoms with Crippen molar-refractivity contribution in [2.24, 2.45) is 0 Å². The van der Waals surface area contributed by atoms with Gasteiger partial charge in [-0.05, 0) is 103 Å². The summed E-state index contributed by atoms with van der Waals surface area (Å²) in [6.07, 6.45) is 51.2. The fraction of sp³-hybridized carbons (Fsp3) is 0.672. The van der Waals surface area contributed by atoms with Crippen molar-refractivity contribution in [1.29, 1.82) is 0 Å². The van der Waals surface area contributed by atoms with Crippen LogP contribution in [-0.2, 0) is 42.9 Å². The van der Waals surface area contributed by atoms with Gasteiger partial charge in [0.25, 0.3) is 0 Å². The Morgan fingerprint density at radius 2 is 0.904 bits per heavy atom. The van der Waals surface area contributed by atoms with Gasteiger partial charge >= 0.3 is 23.9 Å². The lowest BCUT2D eigenvalue weighted by atomic mass is 9.98. The van der Waals surface area contributed by atoms with Gasteiger partial charge in [-0.15, -0.1) is 0 Å². The van der Waals surface area contributed by atoms with Crippen LogP contribution in [0.15, 0.2) is 97.2 Å². The molecule has 414 valence electrons. The molecule has 1 fully saturated rings. The van der Waals surface area contributed by atoms with Crippen LogP contribution in [-0.4, -0.2) is 89.2 Å². The van der Waals surface area contributed by atoms with Crippen LogP contribution in [0.3, 0.4) is 0 Å².